The Morgan fingerprint density at radius 3 is 2.62 bits per heavy atom. The lowest BCUT2D eigenvalue weighted by molar-refractivity contribution is 0.627. The highest BCUT2D eigenvalue weighted by atomic mass is 19.1. The van der Waals surface area contributed by atoms with Crippen LogP contribution in [0.1, 0.15) is 17.0 Å². The van der Waals surface area contributed by atoms with Crippen LogP contribution in [0.3, 0.4) is 0 Å². The molecule has 0 spiro atoms. The molecule has 0 fully saturated rings. The van der Waals surface area contributed by atoms with Crippen LogP contribution in [0.15, 0.2) is 66.9 Å². The van der Waals surface area contributed by atoms with E-state index in [1.807, 2.05) is 18.2 Å². The van der Waals surface area contributed by atoms with Crippen molar-refractivity contribution in [3.63, 3.8) is 0 Å². The molecule has 0 N–H and O–H groups in total. The molecule has 24 heavy (non-hydrogen) atoms. The average Bonchev–Trinajstić information content (AvgIpc) is 2.95. The summed E-state index contributed by atoms with van der Waals surface area (Å²) in [5, 5.41) is 0. The van der Waals surface area contributed by atoms with Crippen LogP contribution in [-0.4, -0.2) is 14.5 Å². The summed E-state index contributed by atoms with van der Waals surface area (Å²) in [4.78, 5) is 9.25. The fourth-order valence-corrected chi connectivity index (χ4v) is 2.90. The second-order valence-electron chi connectivity index (χ2n) is 5.85. The van der Waals surface area contributed by atoms with Gasteiger partial charge in [0, 0.05) is 18.3 Å². The van der Waals surface area contributed by atoms with Crippen LogP contribution in [0.25, 0.3) is 16.9 Å². The molecule has 0 aliphatic rings. The fourth-order valence-electron chi connectivity index (χ4n) is 2.90. The third kappa shape index (κ3) is 2.67. The van der Waals surface area contributed by atoms with Crippen LogP contribution >= 0.6 is 0 Å². The largest absolute Gasteiger partial charge is 0.280 e. The molecule has 0 amide bonds. The normalized spacial score (nSPS) is 11.1. The molecule has 0 aliphatic carbocycles. The van der Waals surface area contributed by atoms with Gasteiger partial charge in [0.2, 0.25) is 0 Å². The van der Waals surface area contributed by atoms with E-state index in [0.717, 1.165) is 28.2 Å². The highest BCUT2D eigenvalue weighted by Gasteiger charge is 2.14. The summed E-state index contributed by atoms with van der Waals surface area (Å²) in [7, 11) is 0. The van der Waals surface area contributed by atoms with Gasteiger partial charge in [0.1, 0.15) is 17.2 Å². The lowest BCUT2D eigenvalue weighted by atomic mass is 10.1. The van der Waals surface area contributed by atoms with E-state index in [-0.39, 0.29) is 5.82 Å². The number of nitrogens with zero attached hydrogens (tertiary/aromatic N) is 3. The first-order valence-corrected chi connectivity index (χ1v) is 7.84. The summed E-state index contributed by atoms with van der Waals surface area (Å²) in [6.45, 7) is 2.07. The molecule has 0 bridgehead atoms. The first kappa shape index (κ1) is 14.6. The van der Waals surface area contributed by atoms with Gasteiger partial charge in [0.05, 0.1) is 0 Å². The molecule has 4 rings (SSSR count). The van der Waals surface area contributed by atoms with E-state index >= 15 is 0 Å². The van der Waals surface area contributed by atoms with E-state index in [2.05, 4.69) is 34.7 Å². The third-order valence-corrected chi connectivity index (χ3v) is 4.02. The Hall–Kier alpha value is -3.01. The quantitative estimate of drug-likeness (QED) is 0.558. The predicted octanol–water partition coefficient (Wildman–Crippen LogP) is 4.46. The SMILES string of the molecule is Cc1cccc(-n2c(Cc3ccc(F)cc3)nc3cccnc32)c1. The maximum absolute atomic E-state index is 13.2. The number of aromatic nitrogens is 3. The van der Waals surface area contributed by atoms with Crippen LogP contribution in [0.2, 0.25) is 0 Å². The van der Waals surface area contributed by atoms with Gasteiger partial charge in [-0.05, 0) is 54.4 Å². The Kier molecular flexibility index (Phi) is 3.58. The molecule has 2 aromatic carbocycles. The first-order valence-electron chi connectivity index (χ1n) is 7.84. The van der Waals surface area contributed by atoms with E-state index < -0.39 is 0 Å². The van der Waals surface area contributed by atoms with Crippen molar-refractivity contribution in [1.82, 2.24) is 14.5 Å². The molecule has 0 saturated heterocycles. The summed E-state index contributed by atoms with van der Waals surface area (Å²) in [5.41, 5.74) is 4.92. The van der Waals surface area contributed by atoms with Gasteiger partial charge in [-0.15, -0.1) is 0 Å². The zero-order chi connectivity index (χ0) is 16.5. The monoisotopic (exact) mass is 317 g/mol. The fraction of sp³-hybridized carbons (Fsp3) is 0.100. The molecule has 0 saturated carbocycles. The Bertz CT molecular complexity index is 1000. The number of imidazole rings is 1. The number of fused-ring (bicyclic) bond motifs is 1. The number of halogens is 1. The molecule has 2 heterocycles. The number of benzene rings is 2. The highest BCUT2D eigenvalue weighted by molar-refractivity contribution is 5.74. The Morgan fingerprint density at radius 2 is 1.83 bits per heavy atom. The molecule has 3 nitrogen and oxygen atoms in total. The van der Waals surface area contributed by atoms with Crippen molar-refractivity contribution in [1.29, 1.82) is 0 Å². The summed E-state index contributed by atoms with van der Waals surface area (Å²) in [6.07, 6.45) is 2.39. The maximum Gasteiger partial charge on any atom is 0.164 e. The van der Waals surface area contributed by atoms with Crippen molar-refractivity contribution in [2.24, 2.45) is 0 Å². The van der Waals surface area contributed by atoms with Crippen LogP contribution in [-0.2, 0) is 6.42 Å². The summed E-state index contributed by atoms with van der Waals surface area (Å²) >= 11 is 0. The standard InChI is InChI=1S/C20H16FN3/c1-14-4-2-5-17(12-14)24-19(13-15-7-9-16(21)10-8-15)23-18-6-3-11-22-20(18)24/h2-12H,13H2,1H3. The Balaban J connectivity index is 1.88. The van der Waals surface area contributed by atoms with Crippen LogP contribution in [0, 0.1) is 12.7 Å². The van der Waals surface area contributed by atoms with Gasteiger partial charge in [0.15, 0.2) is 5.65 Å². The van der Waals surface area contributed by atoms with E-state index in [1.165, 1.54) is 17.7 Å². The van der Waals surface area contributed by atoms with Crippen LogP contribution in [0.5, 0.6) is 0 Å². The third-order valence-electron chi connectivity index (χ3n) is 4.02. The molecular formula is C20H16FN3. The van der Waals surface area contributed by atoms with Gasteiger partial charge >= 0.3 is 0 Å². The van der Waals surface area contributed by atoms with Gasteiger partial charge in [0.25, 0.3) is 0 Å². The number of hydrogen-bond acceptors (Lipinski definition) is 2. The zero-order valence-electron chi connectivity index (χ0n) is 13.3. The first-order chi connectivity index (χ1) is 11.7. The molecule has 2 aromatic heterocycles. The molecule has 4 heteroatoms. The van der Waals surface area contributed by atoms with E-state index in [1.54, 1.807) is 18.3 Å². The zero-order valence-corrected chi connectivity index (χ0v) is 13.3. The average molecular weight is 317 g/mol. The minimum absolute atomic E-state index is 0.229. The van der Waals surface area contributed by atoms with Crippen molar-refractivity contribution in [3.05, 3.63) is 89.6 Å². The van der Waals surface area contributed by atoms with E-state index in [9.17, 15) is 4.39 Å². The number of hydrogen-bond donors (Lipinski definition) is 0. The van der Waals surface area contributed by atoms with Crippen molar-refractivity contribution in [2.75, 3.05) is 0 Å². The molecular weight excluding hydrogens is 301 g/mol. The van der Waals surface area contributed by atoms with E-state index in [0.29, 0.717) is 6.42 Å². The molecule has 0 radical (unpaired) electrons. The summed E-state index contributed by atoms with van der Waals surface area (Å²) in [5.74, 6) is 0.661. The van der Waals surface area contributed by atoms with Crippen molar-refractivity contribution >= 4 is 11.2 Å². The van der Waals surface area contributed by atoms with Gasteiger partial charge in [-0.25, -0.2) is 14.4 Å². The number of pyridine rings is 1. The maximum atomic E-state index is 13.2. The topological polar surface area (TPSA) is 30.7 Å². The van der Waals surface area contributed by atoms with Gasteiger partial charge < -0.3 is 0 Å². The van der Waals surface area contributed by atoms with Crippen molar-refractivity contribution in [3.8, 4) is 5.69 Å². The molecule has 0 aliphatic heterocycles. The highest BCUT2D eigenvalue weighted by Crippen LogP contribution is 2.22. The number of rotatable bonds is 3. The molecule has 0 unspecified atom stereocenters. The predicted molar refractivity (Wildman–Crippen MR) is 92.8 cm³/mol. The van der Waals surface area contributed by atoms with Gasteiger partial charge in [-0.1, -0.05) is 24.3 Å². The minimum atomic E-state index is -0.229. The number of aryl methyl sites for hydroxylation is 1. The van der Waals surface area contributed by atoms with Crippen molar-refractivity contribution in [2.45, 2.75) is 13.3 Å². The molecule has 118 valence electrons. The lowest BCUT2D eigenvalue weighted by Crippen LogP contribution is -2.03. The molecule has 4 aromatic rings. The van der Waals surface area contributed by atoms with Gasteiger partial charge in [-0.2, -0.15) is 0 Å². The lowest BCUT2D eigenvalue weighted by Gasteiger charge is -2.09. The Labute approximate surface area is 139 Å². The Morgan fingerprint density at radius 1 is 1.00 bits per heavy atom. The van der Waals surface area contributed by atoms with E-state index in [4.69, 9.17) is 4.98 Å². The molecule has 0 atom stereocenters. The summed E-state index contributed by atoms with van der Waals surface area (Å²) < 4.78 is 15.2. The summed E-state index contributed by atoms with van der Waals surface area (Å²) in [6, 6.07) is 18.7. The smallest absolute Gasteiger partial charge is 0.164 e. The minimum Gasteiger partial charge on any atom is -0.280 e. The van der Waals surface area contributed by atoms with Crippen LogP contribution < -0.4 is 0 Å². The van der Waals surface area contributed by atoms with Crippen molar-refractivity contribution < 1.29 is 4.39 Å². The van der Waals surface area contributed by atoms with Crippen LogP contribution in [0.4, 0.5) is 4.39 Å². The second-order valence-corrected chi connectivity index (χ2v) is 5.85. The second kappa shape index (κ2) is 5.89. The van der Waals surface area contributed by atoms with Gasteiger partial charge in [-0.3, -0.25) is 4.57 Å².